The van der Waals surface area contributed by atoms with E-state index in [4.69, 9.17) is 10.7 Å². The molecule has 2 nitrogen and oxygen atoms in total. The maximum atomic E-state index is 6.28. The van der Waals surface area contributed by atoms with Gasteiger partial charge in [0, 0.05) is 5.38 Å². The van der Waals surface area contributed by atoms with Crippen LogP contribution in [0.1, 0.15) is 29.8 Å². The molecule has 2 N–H and O–H groups in total. The number of aromatic nitrogens is 1. The molecular weight excluding hydrogens is 236 g/mol. The van der Waals surface area contributed by atoms with Gasteiger partial charge in [0.25, 0.3) is 0 Å². The Morgan fingerprint density at radius 2 is 2.19 bits per heavy atom. The monoisotopic (exact) mass is 250 g/mol. The summed E-state index contributed by atoms with van der Waals surface area (Å²) in [7, 11) is 0. The molecule has 0 amide bonds. The van der Waals surface area contributed by atoms with E-state index in [-0.39, 0.29) is 5.54 Å². The van der Waals surface area contributed by atoms with Crippen LogP contribution in [0.4, 0.5) is 0 Å². The van der Waals surface area contributed by atoms with E-state index < -0.39 is 0 Å². The van der Waals surface area contributed by atoms with E-state index in [1.807, 2.05) is 0 Å². The minimum Gasteiger partial charge on any atom is -0.319 e. The molecule has 0 radical (unpaired) electrons. The third-order valence-electron chi connectivity index (χ3n) is 3.27. The highest BCUT2D eigenvalue weighted by Gasteiger charge is 2.37. The molecule has 2 aromatic heterocycles. The summed E-state index contributed by atoms with van der Waals surface area (Å²) in [6, 6.07) is 2.14. The SMILES string of the molecule is Cc1ccsc1-c1csc(C2(N)CCC2)n1. The standard InChI is InChI=1S/C12H14N2S2/c1-8-3-6-15-10(8)9-7-16-11(14-9)12(13)4-2-5-12/h3,6-7H,2,4-5,13H2,1H3. The summed E-state index contributed by atoms with van der Waals surface area (Å²) < 4.78 is 0. The van der Waals surface area contributed by atoms with Crippen LogP contribution in [0, 0.1) is 6.92 Å². The van der Waals surface area contributed by atoms with Crippen molar-refractivity contribution in [3.63, 3.8) is 0 Å². The molecule has 0 bridgehead atoms. The Hall–Kier alpha value is -0.710. The van der Waals surface area contributed by atoms with Gasteiger partial charge in [-0.1, -0.05) is 0 Å². The number of aryl methyl sites for hydroxylation is 1. The molecule has 16 heavy (non-hydrogen) atoms. The Labute approximate surface area is 103 Å². The van der Waals surface area contributed by atoms with E-state index in [2.05, 4.69) is 23.8 Å². The zero-order valence-corrected chi connectivity index (χ0v) is 10.8. The lowest BCUT2D eigenvalue weighted by Gasteiger charge is -2.35. The van der Waals surface area contributed by atoms with Crippen LogP contribution in [0.3, 0.4) is 0 Å². The molecule has 1 fully saturated rings. The second-order valence-corrected chi connectivity index (χ2v) is 6.25. The fourth-order valence-corrected chi connectivity index (χ4v) is 3.96. The number of nitrogens with two attached hydrogens (primary N) is 1. The van der Waals surface area contributed by atoms with Crippen molar-refractivity contribution in [1.82, 2.24) is 4.98 Å². The van der Waals surface area contributed by atoms with Crippen molar-refractivity contribution in [2.45, 2.75) is 31.7 Å². The van der Waals surface area contributed by atoms with E-state index in [9.17, 15) is 0 Å². The van der Waals surface area contributed by atoms with Crippen LogP contribution < -0.4 is 5.73 Å². The van der Waals surface area contributed by atoms with Gasteiger partial charge in [0.2, 0.25) is 0 Å². The topological polar surface area (TPSA) is 38.9 Å². The van der Waals surface area contributed by atoms with Gasteiger partial charge in [0.05, 0.1) is 16.1 Å². The molecule has 2 heterocycles. The lowest BCUT2D eigenvalue weighted by Crippen LogP contribution is -2.43. The molecule has 0 spiro atoms. The molecule has 0 aliphatic heterocycles. The zero-order valence-electron chi connectivity index (χ0n) is 9.19. The number of rotatable bonds is 2. The van der Waals surface area contributed by atoms with Crippen LogP contribution in [0.2, 0.25) is 0 Å². The predicted octanol–water partition coefficient (Wildman–Crippen LogP) is 3.52. The van der Waals surface area contributed by atoms with E-state index in [1.54, 1.807) is 22.7 Å². The molecule has 1 aliphatic rings. The van der Waals surface area contributed by atoms with Gasteiger partial charge in [0.1, 0.15) is 5.01 Å². The molecule has 0 saturated heterocycles. The molecule has 0 unspecified atom stereocenters. The van der Waals surface area contributed by atoms with E-state index in [0.29, 0.717) is 0 Å². The van der Waals surface area contributed by atoms with Crippen molar-refractivity contribution in [2.24, 2.45) is 5.73 Å². The lowest BCUT2D eigenvalue weighted by molar-refractivity contribution is 0.253. The second kappa shape index (κ2) is 3.65. The first-order valence-corrected chi connectivity index (χ1v) is 7.24. The van der Waals surface area contributed by atoms with Crippen molar-refractivity contribution >= 4 is 22.7 Å². The summed E-state index contributed by atoms with van der Waals surface area (Å²) in [5.74, 6) is 0. The summed E-state index contributed by atoms with van der Waals surface area (Å²) >= 11 is 3.47. The number of hydrogen-bond acceptors (Lipinski definition) is 4. The van der Waals surface area contributed by atoms with Crippen LogP contribution in [-0.4, -0.2) is 4.98 Å². The van der Waals surface area contributed by atoms with Crippen molar-refractivity contribution in [2.75, 3.05) is 0 Å². The molecule has 1 saturated carbocycles. The molecule has 1 aliphatic carbocycles. The van der Waals surface area contributed by atoms with Crippen molar-refractivity contribution < 1.29 is 0 Å². The summed E-state index contributed by atoms with van der Waals surface area (Å²) in [5, 5.41) is 5.37. The van der Waals surface area contributed by atoms with Crippen molar-refractivity contribution in [1.29, 1.82) is 0 Å². The average molecular weight is 250 g/mol. The minimum absolute atomic E-state index is 0.117. The molecule has 3 rings (SSSR count). The maximum absolute atomic E-state index is 6.28. The Morgan fingerprint density at radius 1 is 1.38 bits per heavy atom. The zero-order chi connectivity index (χ0) is 11.2. The van der Waals surface area contributed by atoms with E-state index in [1.165, 1.54) is 16.9 Å². The average Bonchev–Trinajstić information content (AvgIpc) is 2.82. The molecule has 4 heteroatoms. The minimum atomic E-state index is -0.117. The van der Waals surface area contributed by atoms with Crippen LogP contribution >= 0.6 is 22.7 Å². The van der Waals surface area contributed by atoms with Gasteiger partial charge in [-0.25, -0.2) is 4.98 Å². The maximum Gasteiger partial charge on any atom is 0.113 e. The van der Waals surface area contributed by atoms with Gasteiger partial charge in [-0.15, -0.1) is 22.7 Å². The van der Waals surface area contributed by atoms with Gasteiger partial charge in [-0.2, -0.15) is 0 Å². The Bertz CT molecular complexity index is 509. The van der Waals surface area contributed by atoms with Crippen molar-refractivity contribution in [3.05, 3.63) is 27.4 Å². The molecule has 2 aromatic rings. The third-order valence-corrected chi connectivity index (χ3v) is 5.37. The van der Waals surface area contributed by atoms with Crippen LogP contribution in [0.5, 0.6) is 0 Å². The molecule has 0 aromatic carbocycles. The predicted molar refractivity (Wildman–Crippen MR) is 69.9 cm³/mol. The van der Waals surface area contributed by atoms with Gasteiger partial charge < -0.3 is 5.73 Å². The van der Waals surface area contributed by atoms with E-state index in [0.717, 1.165) is 23.5 Å². The third kappa shape index (κ3) is 1.52. The first-order chi connectivity index (χ1) is 7.69. The Kier molecular flexibility index (Phi) is 2.38. The first kappa shape index (κ1) is 10.4. The van der Waals surface area contributed by atoms with Gasteiger partial charge in [0.15, 0.2) is 0 Å². The van der Waals surface area contributed by atoms with E-state index >= 15 is 0 Å². The van der Waals surface area contributed by atoms with Gasteiger partial charge >= 0.3 is 0 Å². The van der Waals surface area contributed by atoms with Crippen molar-refractivity contribution in [3.8, 4) is 10.6 Å². The number of thiophene rings is 1. The summed E-state index contributed by atoms with van der Waals surface area (Å²) in [6.45, 7) is 2.13. The first-order valence-electron chi connectivity index (χ1n) is 5.48. The van der Waals surface area contributed by atoms with Crippen LogP contribution in [0.15, 0.2) is 16.8 Å². The number of thiazole rings is 1. The fraction of sp³-hybridized carbons (Fsp3) is 0.417. The Balaban J connectivity index is 1.97. The fourth-order valence-electron chi connectivity index (χ4n) is 2.01. The van der Waals surface area contributed by atoms with Gasteiger partial charge in [-0.3, -0.25) is 0 Å². The Morgan fingerprint density at radius 3 is 2.75 bits per heavy atom. The van der Waals surface area contributed by atoms with Crippen LogP contribution in [0.25, 0.3) is 10.6 Å². The molecule has 0 atom stereocenters. The van der Waals surface area contributed by atoms with Crippen LogP contribution in [-0.2, 0) is 5.54 Å². The summed E-state index contributed by atoms with van der Waals surface area (Å²) in [5.41, 5.74) is 8.57. The highest BCUT2D eigenvalue weighted by molar-refractivity contribution is 7.14. The second-order valence-electron chi connectivity index (χ2n) is 4.48. The lowest BCUT2D eigenvalue weighted by atomic mass is 9.78. The highest BCUT2D eigenvalue weighted by atomic mass is 32.1. The summed E-state index contributed by atoms with van der Waals surface area (Å²) in [6.07, 6.45) is 3.41. The quantitative estimate of drug-likeness (QED) is 0.885. The number of nitrogens with zero attached hydrogens (tertiary/aromatic N) is 1. The normalized spacial score (nSPS) is 18.4. The molecular formula is C12H14N2S2. The highest BCUT2D eigenvalue weighted by Crippen LogP contribution is 2.41. The smallest absolute Gasteiger partial charge is 0.113 e. The molecule has 84 valence electrons. The summed E-state index contributed by atoms with van der Waals surface area (Å²) in [4.78, 5) is 5.99. The largest absolute Gasteiger partial charge is 0.319 e. The van der Waals surface area contributed by atoms with Gasteiger partial charge in [-0.05, 0) is 43.2 Å². The number of hydrogen-bond donors (Lipinski definition) is 1.